The maximum absolute atomic E-state index is 13.4. The summed E-state index contributed by atoms with van der Waals surface area (Å²) in [6.07, 6.45) is 1.68. The molecular weight excluding hydrogens is 534 g/mol. The van der Waals surface area contributed by atoms with Gasteiger partial charge in [0.1, 0.15) is 5.82 Å². The van der Waals surface area contributed by atoms with Crippen molar-refractivity contribution >= 4 is 26.7 Å². The molecule has 41 heavy (non-hydrogen) atoms. The Labute approximate surface area is 238 Å². The lowest BCUT2D eigenvalue weighted by molar-refractivity contribution is 0.594. The highest BCUT2D eigenvalue weighted by molar-refractivity contribution is 7.92. The zero-order valence-electron chi connectivity index (χ0n) is 23.0. The van der Waals surface area contributed by atoms with Crippen LogP contribution >= 0.6 is 0 Å². The molecule has 0 aliphatic heterocycles. The van der Waals surface area contributed by atoms with Crippen LogP contribution in [0.5, 0.6) is 0 Å². The van der Waals surface area contributed by atoms with Crippen molar-refractivity contribution in [1.29, 1.82) is 0 Å². The van der Waals surface area contributed by atoms with Crippen molar-refractivity contribution < 1.29 is 8.42 Å². The number of sulfonamides is 1. The number of imidazole rings is 1. The molecule has 0 saturated heterocycles. The van der Waals surface area contributed by atoms with Crippen LogP contribution in [-0.4, -0.2) is 45.6 Å². The van der Waals surface area contributed by atoms with Crippen LogP contribution in [0.4, 0.5) is 5.69 Å². The minimum Gasteiger partial charge on any atom is -0.296 e. The Hall–Kier alpha value is -4.83. The van der Waals surface area contributed by atoms with Gasteiger partial charge in [-0.3, -0.25) is 8.87 Å². The largest absolute Gasteiger partial charge is 0.296 e. The number of nitrogens with one attached hydrogen (secondary N) is 1. The fourth-order valence-corrected chi connectivity index (χ4v) is 6.41. The summed E-state index contributed by atoms with van der Waals surface area (Å²) in [7, 11) is -2.15. The van der Waals surface area contributed by atoms with Gasteiger partial charge < -0.3 is 0 Å². The van der Waals surface area contributed by atoms with Crippen LogP contribution in [0, 0.1) is 6.92 Å². The second kappa shape index (κ2) is 10.6. The normalized spacial score (nSPS) is 11.7. The lowest BCUT2D eigenvalue weighted by atomic mass is 9.94. The van der Waals surface area contributed by atoms with E-state index in [0.717, 1.165) is 57.6 Å². The molecule has 0 spiro atoms. The minimum atomic E-state index is -3.73. The smallest absolute Gasteiger partial charge is 0.264 e. The molecule has 0 radical (unpaired) electrons. The minimum absolute atomic E-state index is 0.242. The summed E-state index contributed by atoms with van der Waals surface area (Å²) in [6.45, 7) is 4.22. The van der Waals surface area contributed by atoms with E-state index in [0.29, 0.717) is 11.5 Å². The van der Waals surface area contributed by atoms with E-state index >= 15 is 0 Å². The lowest BCUT2D eigenvalue weighted by Crippen LogP contribution is -2.26. The Morgan fingerprint density at radius 2 is 1.61 bits per heavy atom. The molecule has 0 saturated carbocycles. The monoisotopic (exact) mass is 563 g/mol. The van der Waals surface area contributed by atoms with E-state index in [4.69, 9.17) is 4.98 Å². The van der Waals surface area contributed by atoms with Crippen molar-refractivity contribution in [2.45, 2.75) is 31.6 Å². The SMILES string of the molecule is CCCc1nc2ccc(N(C)S(=O)(=O)c3ccccc3)cc2n1-c1cccc(-c2ccccc2-c2nn[nH]n2)c1C. The Bertz CT molecular complexity index is 1950. The second-order valence-corrected chi connectivity index (χ2v) is 11.8. The first-order valence-electron chi connectivity index (χ1n) is 13.4. The summed E-state index contributed by atoms with van der Waals surface area (Å²) in [5.74, 6) is 1.44. The maximum Gasteiger partial charge on any atom is 0.264 e. The first kappa shape index (κ1) is 26.4. The highest BCUT2D eigenvalue weighted by atomic mass is 32.2. The van der Waals surface area contributed by atoms with Crippen LogP contribution in [0.1, 0.15) is 24.7 Å². The molecule has 4 aromatic carbocycles. The third-order valence-corrected chi connectivity index (χ3v) is 9.10. The molecule has 6 aromatic rings. The Morgan fingerprint density at radius 3 is 2.34 bits per heavy atom. The Kier molecular flexibility index (Phi) is 6.84. The number of aromatic nitrogens is 6. The molecular formula is C31H29N7O2S. The van der Waals surface area contributed by atoms with Crippen LogP contribution in [0.3, 0.4) is 0 Å². The average molecular weight is 564 g/mol. The molecule has 0 amide bonds. The highest BCUT2D eigenvalue weighted by Crippen LogP contribution is 2.36. The van der Waals surface area contributed by atoms with Crippen molar-refractivity contribution in [3.8, 4) is 28.2 Å². The number of rotatable bonds is 8. The summed E-state index contributed by atoms with van der Waals surface area (Å²) >= 11 is 0. The molecule has 6 rings (SSSR count). The van der Waals surface area contributed by atoms with Gasteiger partial charge in [-0.05, 0) is 71.6 Å². The van der Waals surface area contributed by atoms with Crippen LogP contribution in [0.25, 0.3) is 39.2 Å². The number of H-pyrrole nitrogens is 1. The zero-order valence-corrected chi connectivity index (χ0v) is 23.8. The van der Waals surface area contributed by atoms with Gasteiger partial charge in [0, 0.05) is 19.0 Å². The molecule has 2 heterocycles. The summed E-state index contributed by atoms with van der Waals surface area (Å²) in [6, 6.07) is 28.2. The van der Waals surface area contributed by atoms with Gasteiger partial charge in [-0.1, -0.05) is 61.5 Å². The van der Waals surface area contributed by atoms with E-state index in [1.807, 2.05) is 36.4 Å². The number of benzene rings is 4. The maximum atomic E-state index is 13.4. The molecule has 0 bridgehead atoms. The molecule has 2 aromatic heterocycles. The molecule has 206 valence electrons. The van der Waals surface area contributed by atoms with Gasteiger partial charge in [-0.25, -0.2) is 13.4 Å². The van der Waals surface area contributed by atoms with Crippen molar-refractivity contribution in [2.75, 3.05) is 11.4 Å². The Morgan fingerprint density at radius 1 is 0.878 bits per heavy atom. The number of fused-ring (bicyclic) bond motifs is 1. The highest BCUT2D eigenvalue weighted by Gasteiger charge is 2.23. The van der Waals surface area contributed by atoms with E-state index < -0.39 is 10.0 Å². The van der Waals surface area contributed by atoms with Crippen LogP contribution in [0.15, 0.2) is 95.9 Å². The van der Waals surface area contributed by atoms with Crippen LogP contribution in [-0.2, 0) is 16.4 Å². The van der Waals surface area contributed by atoms with E-state index in [1.165, 1.54) is 4.31 Å². The first-order chi connectivity index (χ1) is 19.9. The number of anilines is 1. The Balaban J connectivity index is 1.52. The van der Waals surface area contributed by atoms with E-state index in [1.54, 1.807) is 43.4 Å². The molecule has 10 heteroatoms. The van der Waals surface area contributed by atoms with Gasteiger partial charge in [0.15, 0.2) is 0 Å². The first-order valence-corrected chi connectivity index (χ1v) is 14.8. The van der Waals surface area contributed by atoms with Gasteiger partial charge >= 0.3 is 0 Å². The van der Waals surface area contributed by atoms with Gasteiger partial charge in [0.2, 0.25) is 5.82 Å². The number of hydrogen-bond acceptors (Lipinski definition) is 6. The zero-order chi connectivity index (χ0) is 28.6. The van der Waals surface area contributed by atoms with Crippen LogP contribution < -0.4 is 4.31 Å². The number of nitrogens with zero attached hydrogens (tertiary/aromatic N) is 6. The molecule has 0 aliphatic rings. The molecule has 0 atom stereocenters. The summed E-state index contributed by atoms with van der Waals surface area (Å²) in [4.78, 5) is 5.21. The molecule has 0 fully saturated rings. The summed E-state index contributed by atoms with van der Waals surface area (Å²) < 4.78 is 30.3. The van der Waals surface area contributed by atoms with Crippen molar-refractivity contribution in [2.24, 2.45) is 0 Å². The fraction of sp³-hybridized carbons (Fsp3) is 0.161. The molecule has 0 aliphatic carbocycles. The number of aryl methyl sites for hydroxylation is 1. The predicted octanol–water partition coefficient (Wildman–Crippen LogP) is 5.96. The predicted molar refractivity (Wildman–Crippen MR) is 160 cm³/mol. The van der Waals surface area contributed by atoms with Crippen molar-refractivity contribution in [3.05, 3.63) is 102 Å². The van der Waals surface area contributed by atoms with Gasteiger partial charge in [0.25, 0.3) is 10.0 Å². The van der Waals surface area contributed by atoms with Crippen LogP contribution in [0.2, 0.25) is 0 Å². The standard InChI is InChI=1S/C31H29N7O2S/c1-4-11-30-32-27-19-18-22(37(3)41(39,40)23-12-6-5-7-13-23)20-29(27)38(30)28-17-10-16-24(21(28)2)25-14-8-9-15-26(25)31-33-35-36-34-31/h5-10,12-20H,4,11H2,1-3H3,(H,33,34,35,36). The number of hydrogen-bond donors (Lipinski definition) is 1. The van der Waals surface area contributed by atoms with Gasteiger partial charge in [-0.15, -0.1) is 10.2 Å². The fourth-order valence-electron chi connectivity index (χ4n) is 5.21. The van der Waals surface area contributed by atoms with Crippen molar-refractivity contribution in [3.63, 3.8) is 0 Å². The van der Waals surface area contributed by atoms with E-state index in [9.17, 15) is 8.42 Å². The topological polar surface area (TPSA) is 110 Å². The molecule has 1 N–H and O–H groups in total. The third-order valence-electron chi connectivity index (χ3n) is 7.30. The number of tetrazole rings is 1. The average Bonchev–Trinajstić information content (AvgIpc) is 3.66. The van der Waals surface area contributed by atoms with Crippen molar-refractivity contribution in [1.82, 2.24) is 30.2 Å². The lowest BCUT2D eigenvalue weighted by Gasteiger charge is -2.20. The second-order valence-electron chi connectivity index (χ2n) is 9.80. The third kappa shape index (κ3) is 4.66. The quantitative estimate of drug-likeness (QED) is 0.245. The van der Waals surface area contributed by atoms with E-state index in [-0.39, 0.29) is 4.90 Å². The summed E-state index contributed by atoms with van der Waals surface area (Å²) in [5, 5.41) is 14.7. The molecule has 0 unspecified atom stereocenters. The van der Waals surface area contributed by atoms with Gasteiger partial charge in [-0.2, -0.15) is 5.21 Å². The number of aromatic amines is 1. The molecule has 9 nitrogen and oxygen atoms in total. The summed E-state index contributed by atoms with van der Waals surface area (Å²) in [5.41, 5.74) is 7.13. The van der Waals surface area contributed by atoms with E-state index in [2.05, 4.69) is 57.2 Å². The van der Waals surface area contributed by atoms with Gasteiger partial charge in [0.05, 0.1) is 27.3 Å².